The van der Waals surface area contributed by atoms with Crippen LogP contribution in [0, 0.1) is 5.82 Å². The number of carbonyl (C=O) groups excluding carboxylic acids is 1. The first-order chi connectivity index (χ1) is 16.7. The van der Waals surface area contributed by atoms with E-state index >= 15 is 0 Å². The molecular formula is C24H25FN6O4. The van der Waals surface area contributed by atoms with E-state index in [9.17, 15) is 14.0 Å². The molecule has 35 heavy (non-hydrogen) atoms. The fraction of sp³-hybridized carbons (Fsp3) is 0.375. The lowest BCUT2D eigenvalue weighted by Gasteiger charge is -2.33. The standard InChI is InChI=1S/C24H25FN6O4/c1-24(2,3)34-23(33)30-10-8-14(9-11-30)18-12-19(32)27-21-16(13-26-31(18)21)22-28-20(29-35-22)15-6-4-5-7-17(15)25/h4-7,12-14H,8-11H2,1-3H3,(H,27,32). The number of hydrogen-bond donors (Lipinski definition) is 1. The van der Waals surface area contributed by atoms with Crippen molar-refractivity contribution in [1.29, 1.82) is 0 Å². The van der Waals surface area contributed by atoms with Gasteiger partial charge in [0.05, 0.1) is 17.5 Å². The maximum Gasteiger partial charge on any atom is 0.410 e. The monoisotopic (exact) mass is 480 g/mol. The van der Waals surface area contributed by atoms with Gasteiger partial charge in [-0.05, 0) is 45.7 Å². The minimum atomic E-state index is -0.556. The summed E-state index contributed by atoms with van der Waals surface area (Å²) in [5, 5.41) is 8.34. The zero-order valence-electron chi connectivity index (χ0n) is 19.6. The molecule has 0 aliphatic carbocycles. The quantitative estimate of drug-likeness (QED) is 0.471. The number of ether oxygens (including phenoxy) is 1. The van der Waals surface area contributed by atoms with Crippen LogP contribution in [0.25, 0.3) is 28.5 Å². The van der Waals surface area contributed by atoms with Crippen molar-refractivity contribution >= 4 is 11.7 Å². The molecule has 0 saturated carbocycles. The summed E-state index contributed by atoms with van der Waals surface area (Å²) in [6.07, 6.45) is 2.51. The van der Waals surface area contributed by atoms with E-state index in [1.807, 2.05) is 20.8 Å². The maximum atomic E-state index is 14.1. The highest BCUT2D eigenvalue weighted by atomic mass is 19.1. The Kier molecular flexibility index (Phi) is 5.62. The molecule has 1 saturated heterocycles. The zero-order valence-corrected chi connectivity index (χ0v) is 19.6. The molecule has 1 N–H and O–H groups in total. The summed E-state index contributed by atoms with van der Waals surface area (Å²) < 4.78 is 26.6. The third-order valence-corrected chi connectivity index (χ3v) is 5.87. The number of fused-ring (bicyclic) bond motifs is 1. The van der Waals surface area contributed by atoms with Crippen molar-refractivity contribution < 1.29 is 18.4 Å². The average molecular weight is 481 g/mol. The molecule has 0 unspecified atom stereocenters. The fourth-order valence-electron chi connectivity index (χ4n) is 4.23. The molecule has 182 valence electrons. The van der Waals surface area contributed by atoms with Crippen molar-refractivity contribution in [2.24, 2.45) is 0 Å². The molecule has 10 nitrogen and oxygen atoms in total. The van der Waals surface area contributed by atoms with E-state index in [1.165, 1.54) is 18.3 Å². The highest BCUT2D eigenvalue weighted by molar-refractivity contribution is 5.72. The van der Waals surface area contributed by atoms with Gasteiger partial charge in [-0.15, -0.1) is 0 Å². The van der Waals surface area contributed by atoms with E-state index in [0.29, 0.717) is 37.1 Å². The number of nitrogens with one attached hydrogen (secondary N) is 1. The lowest BCUT2D eigenvalue weighted by molar-refractivity contribution is 0.0203. The average Bonchev–Trinajstić information content (AvgIpc) is 3.45. The highest BCUT2D eigenvalue weighted by Crippen LogP contribution is 2.31. The van der Waals surface area contributed by atoms with Gasteiger partial charge in [-0.3, -0.25) is 4.79 Å². The predicted molar refractivity (Wildman–Crippen MR) is 124 cm³/mol. The summed E-state index contributed by atoms with van der Waals surface area (Å²) in [4.78, 5) is 33.7. The van der Waals surface area contributed by atoms with Crippen LogP contribution in [-0.2, 0) is 4.74 Å². The Bertz CT molecular complexity index is 1440. The number of benzene rings is 1. The van der Waals surface area contributed by atoms with E-state index in [0.717, 1.165) is 5.69 Å². The summed E-state index contributed by atoms with van der Waals surface area (Å²) in [7, 11) is 0. The van der Waals surface area contributed by atoms with Crippen LogP contribution in [0.15, 0.2) is 45.8 Å². The molecule has 4 heterocycles. The largest absolute Gasteiger partial charge is 0.444 e. The van der Waals surface area contributed by atoms with Crippen molar-refractivity contribution in [2.75, 3.05) is 13.1 Å². The Labute approximate surface area is 199 Å². The maximum absolute atomic E-state index is 14.1. The number of carbonyl (C=O) groups is 1. The number of aromatic amines is 1. The summed E-state index contributed by atoms with van der Waals surface area (Å²) in [6.45, 7) is 6.53. The predicted octanol–water partition coefficient (Wildman–Crippen LogP) is 3.99. The third-order valence-electron chi connectivity index (χ3n) is 5.87. The molecule has 1 fully saturated rings. The molecule has 0 spiro atoms. The number of hydrogen-bond acceptors (Lipinski definition) is 7. The van der Waals surface area contributed by atoms with Crippen LogP contribution >= 0.6 is 0 Å². The minimum Gasteiger partial charge on any atom is -0.444 e. The number of rotatable bonds is 3. The lowest BCUT2D eigenvalue weighted by Crippen LogP contribution is -2.41. The Morgan fingerprint density at radius 3 is 2.66 bits per heavy atom. The number of amides is 1. The number of piperidine rings is 1. The number of H-pyrrole nitrogens is 1. The van der Waals surface area contributed by atoms with Crippen LogP contribution in [0.1, 0.15) is 45.2 Å². The number of likely N-dealkylation sites (tertiary alicyclic amines) is 1. The van der Waals surface area contributed by atoms with Gasteiger partial charge in [0.15, 0.2) is 0 Å². The van der Waals surface area contributed by atoms with Gasteiger partial charge in [0, 0.05) is 25.1 Å². The van der Waals surface area contributed by atoms with Gasteiger partial charge < -0.3 is 19.1 Å². The van der Waals surface area contributed by atoms with E-state index in [1.54, 1.807) is 27.6 Å². The molecule has 1 aromatic carbocycles. The Morgan fingerprint density at radius 1 is 1.20 bits per heavy atom. The number of nitrogens with zero attached hydrogens (tertiary/aromatic N) is 5. The first kappa shape index (κ1) is 22.8. The smallest absolute Gasteiger partial charge is 0.410 e. The van der Waals surface area contributed by atoms with Gasteiger partial charge in [-0.25, -0.2) is 13.7 Å². The molecule has 0 atom stereocenters. The topological polar surface area (TPSA) is 119 Å². The lowest BCUT2D eigenvalue weighted by atomic mass is 9.93. The molecule has 11 heteroatoms. The molecule has 5 rings (SSSR count). The Balaban J connectivity index is 1.41. The number of aromatic nitrogens is 5. The second kappa shape index (κ2) is 8.64. The summed E-state index contributed by atoms with van der Waals surface area (Å²) in [5.41, 5.74) is 0.936. The van der Waals surface area contributed by atoms with E-state index in [2.05, 4.69) is 20.2 Å². The van der Waals surface area contributed by atoms with Gasteiger partial charge in [0.2, 0.25) is 5.82 Å². The third kappa shape index (κ3) is 4.53. The summed E-state index contributed by atoms with van der Waals surface area (Å²) >= 11 is 0. The molecule has 1 aliphatic heterocycles. The summed E-state index contributed by atoms with van der Waals surface area (Å²) in [6, 6.07) is 7.66. The van der Waals surface area contributed by atoms with Crippen molar-refractivity contribution in [1.82, 2.24) is 29.6 Å². The van der Waals surface area contributed by atoms with Crippen LogP contribution in [-0.4, -0.2) is 54.4 Å². The van der Waals surface area contributed by atoms with Crippen molar-refractivity contribution in [3.63, 3.8) is 0 Å². The van der Waals surface area contributed by atoms with Crippen molar-refractivity contribution in [2.45, 2.75) is 45.1 Å². The molecule has 0 radical (unpaired) electrons. The molecular weight excluding hydrogens is 455 g/mol. The van der Waals surface area contributed by atoms with Gasteiger partial charge in [0.25, 0.3) is 11.4 Å². The first-order valence-electron chi connectivity index (χ1n) is 11.4. The van der Waals surface area contributed by atoms with Crippen LogP contribution in [0.4, 0.5) is 9.18 Å². The highest BCUT2D eigenvalue weighted by Gasteiger charge is 2.29. The number of halogens is 1. The van der Waals surface area contributed by atoms with E-state index < -0.39 is 11.4 Å². The van der Waals surface area contributed by atoms with Crippen LogP contribution < -0.4 is 5.56 Å². The van der Waals surface area contributed by atoms with Gasteiger partial charge >= 0.3 is 6.09 Å². The van der Waals surface area contributed by atoms with Gasteiger partial charge in [-0.1, -0.05) is 17.3 Å². The Morgan fingerprint density at radius 2 is 1.94 bits per heavy atom. The minimum absolute atomic E-state index is 0.0166. The Hall–Kier alpha value is -4.02. The van der Waals surface area contributed by atoms with E-state index in [-0.39, 0.29) is 34.8 Å². The van der Waals surface area contributed by atoms with Crippen LogP contribution in [0.2, 0.25) is 0 Å². The first-order valence-corrected chi connectivity index (χ1v) is 11.4. The SMILES string of the molecule is CC(C)(C)OC(=O)N1CCC(c2cc(=O)[nH]c3c(-c4nc(-c5ccccc5F)no4)cnn23)CC1. The second-order valence-electron chi connectivity index (χ2n) is 9.52. The summed E-state index contributed by atoms with van der Waals surface area (Å²) in [5.74, 6) is -0.229. The molecule has 4 aromatic rings. The van der Waals surface area contributed by atoms with Gasteiger partial charge in [-0.2, -0.15) is 10.1 Å². The zero-order chi connectivity index (χ0) is 24.7. The normalized spacial score (nSPS) is 15.0. The van der Waals surface area contributed by atoms with Crippen molar-refractivity contribution in [3.05, 3.63) is 58.4 Å². The van der Waals surface area contributed by atoms with Crippen molar-refractivity contribution in [3.8, 4) is 22.8 Å². The van der Waals surface area contributed by atoms with Crippen LogP contribution in [0.3, 0.4) is 0 Å². The fourth-order valence-corrected chi connectivity index (χ4v) is 4.23. The molecule has 1 amide bonds. The van der Waals surface area contributed by atoms with E-state index in [4.69, 9.17) is 9.26 Å². The molecule has 1 aliphatic rings. The second-order valence-corrected chi connectivity index (χ2v) is 9.52. The molecule has 3 aromatic heterocycles. The van der Waals surface area contributed by atoms with Crippen LogP contribution in [0.5, 0.6) is 0 Å². The van der Waals surface area contributed by atoms with Gasteiger partial charge in [0.1, 0.15) is 22.6 Å². The molecule has 0 bridgehead atoms.